The minimum atomic E-state index is -1.89. The highest BCUT2D eigenvalue weighted by Crippen LogP contribution is 2.09. The minimum Gasteiger partial charge on any atom is -0.295 e. The van der Waals surface area contributed by atoms with Crippen LogP contribution in [0.25, 0.3) is 0 Å². The summed E-state index contributed by atoms with van der Waals surface area (Å²) in [5.41, 5.74) is 49.0. The zero-order valence-corrected chi connectivity index (χ0v) is 9.54. The van der Waals surface area contributed by atoms with Gasteiger partial charge in [-0.3, -0.25) is 51.6 Å². The Bertz CT molecular complexity index is 354. The van der Waals surface area contributed by atoms with E-state index in [1.807, 2.05) is 0 Å². The molecule has 0 radical (unpaired) electrons. The van der Waals surface area contributed by atoms with Gasteiger partial charge in [0.1, 0.15) is 0 Å². The Balaban J connectivity index is 3.49. The van der Waals surface area contributed by atoms with E-state index in [0.717, 1.165) is 0 Å². The molecular weight excluding hydrogens is 240 g/mol. The first-order chi connectivity index (χ1) is 7.82. The van der Waals surface area contributed by atoms with Crippen molar-refractivity contribution < 1.29 is 0 Å². The number of nitrogens with two attached hydrogens (primary N) is 9. The third-order valence-corrected chi connectivity index (χ3v) is 1.80. The summed E-state index contributed by atoms with van der Waals surface area (Å²) in [6.45, 7) is 0. The maximum Gasteiger partial charge on any atom is 0.182 e. The molecule has 18 heavy (non-hydrogen) atoms. The van der Waals surface area contributed by atoms with Crippen LogP contribution in [0.4, 0.5) is 0 Å². The van der Waals surface area contributed by atoms with Gasteiger partial charge in [0.25, 0.3) is 0 Å². The molecule has 0 spiro atoms. The van der Waals surface area contributed by atoms with Gasteiger partial charge in [-0.25, -0.2) is 15.0 Å². The molecule has 0 atom stereocenters. The number of hydrogen-bond acceptors (Lipinski definition) is 12. The molecular formula is C6H18N12. The molecule has 1 aromatic rings. The highest BCUT2D eigenvalue weighted by atomic mass is 15.3. The monoisotopic (exact) mass is 258 g/mol. The largest absolute Gasteiger partial charge is 0.295 e. The van der Waals surface area contributed by atoms with E-state index in [1.165, 1.54) is 0 Å². The summed E-state index contributed by atoms with van der Waals surface area (Å²) in [4.78, 5) is 11.3. The van der Waals surface area contributed by atoms with Crippen LogP contribution in [0.5, 0.6) is 0 Å². The smallest absolute Gasteiger partial charge is 0.182 e. The predicted molar refractivity (Wildman–Crippen MR) is 62.5 cm³/mol. The van der Waals surface area contributed by atoms with E-state index >= 15 is 0 Å². The quantitative estimate of drug-likeness (QED) is 0.229. The van der Waals surface area contributed by atoms with Gasteiger partial charge in [0, 0.05) is 0 Å². The van der Waals surface area contributed by atoms with Crippen LogP contribution in [0, 0.1) is 0 Å². The first kappa shape index (κ1) is 14.7. The van der Waals surface area contributed by atoms with Gasteiger partial charge in [-0.05, 0) is 0 Å². The van der Waals surface area contributed by atoms with Crippen LogP contribution in [-0.2, 0) is 17.4 Å². The second-order valence-electron chi connectivity index (χ2n) is 4.11. The van der Waals surface area contributed by atoms with Crippen molar-refractivity contribution in [3.8, 4) is 0 Å². The van der Waals surface area contributed by atoms with Crippen molar-refractivity contribution in [1.82, 2.24) is 15.0 Å². The second-order valence-corrected chi connectivity index (χ2v) is 4.11. The van der Waals surface area contributed by atoms with Crippen LogP contribution in [0.2, 0.25) is 0 Å². The first-order valence-electron chi connectivity index (χ1n) is 4.69. The Morgan fingerprint density at radius 2 is 0.611 bits per heavy atom. The summed E-state index contributed by atoms with van der Waals surface area (Å²) in [7, 11) is 0. The SMILES string of the molecule is NC(N)(N)c1nc(C(N)(N)N)nc(C(N)(N)N)n1. The molecule has 0 aliphatic carbocycles. The normalized spacial score (nSPS) is 13.8. The van der Waals surface area contributed by atoms with E-state index in [4.69, 9.17) is 51.6 Å². The molecule has 0 aromatic carbocycles. The minimum absolute atomic E-state index is 0.265. The van der Waals surface area contributed by atoms with Crippen LogP contribution < -0.4 is 51.6 Å². The van der Waals surface area contributed by atoms with Crippen molar-refractivity contribution >= 4 is 0 Å². The Labute approximate surface area is 102 Å². The molecule has 102 valence electrons. The van der Waals surface area contributed by atoms with Gasteiger partial charge < -0.3 is 0 Å². The van der Waals surface area contributed by atoms with E-state index in [2.05, 4.69) is 15.0 Å². The highest BCUT2D eigenvalue weighted by Gasteiger charge is 2.31. The van der Waals surface area contributed by atoms with Gasteiger partial charge >= 0.3 is 0 Å². The van der Waals surface area contributed by atoms with Crippen molar-refractivity contribution in [2.75, 3.05) is 0 Å². The van der Waals surface area contributed by atoms with Gasteiger partial charge in [-0.2, -0.15) is 0 Å². The fourth-order valence-corrected chi connectivity index (χ4v) is 0.957. The molecule has 0 saturated carbocycles. The molecule has 0 saturated heterocycles. The highest BCUT2D eigenvalue weighted by molar-refractivity contribution is 5.12. The molecule has 0 aliphatic rings. The molecule has 0 fully saturated rings. The summed E-state index contributed by atoms with van der Waals surface area (Å²) >= 11 is 0. The Morgan fingerprint density at radius 3 is 0.722 bits per heavy atom. The van der Waals surface area contributed by atoms with Crippen LogP contribution in [0.3, 0.4) is 0 Å². The van der Waals surface area contributed by atoms with E-state index in [0.29, 0.717) is 0 Å². The molecule has 1 aromatic heterocycles. The summed E-state index contributed by atoms with van der Waals surface area (Å²) in [5.74, 6) is -6.45. The van der Waals surface area contributed by atoms with Crippen LogP contribution in [0.1, 0.15) is 17.5 Å². The third-order valence-electron chi connectivity index (χ3n) is 1.80. The third kappa shape index (κ3) is 3.33. The molecule has 1 rings (SSSR count). The molecule has 0 unspecified atom stereocenters. The standard InChI is InChI=1S/C6H18N12/c7-4(8,9)1-16-2(5(10,11)12)18-3(17-1)6(13,14)15/h7-15H2. The predicted octanol–water partition coefficient (Wildman–Crippen LogP) is -6.17. The number of rotatable bonds is 3. The second kappa shape index (κ2) is 4.09. The average Bonchev–Trinajstić information content (AvgIpc) is 2.13. The molecule has 12 nitrogen and oxygen atoms in total. The summed E-state index contributed by atoms with van der Waals surface area (Å²) in [5, 5.41) is 0. The summed E-state index contributed by atoms with van der Waals surface area (Å²) in [6.07, 6.45) is 0. The lowest BCUT2D eigenvalue weighted by Crippen LogP contribution is -2.61. The summed E-state index contributed by atoms with van der Waals surface area (Å²) in [6, 6.07) is 0. The van der Waals surface area contributed by atoms with Crippen molar-refractivity contribution in [3.63, 3.8) is 0 Å². The maximum atomic E-state index is 5.44. The Kier molecular flexibility index (Phi) is 3.34. The van der Waals surface area contributed by atoms with Gasteiger partial charge in [0.15, 0.2) is 34.8 Å². The zero-order chi connectivity index (χ0) is 14.4. The molecule has 0 amide bonds. The lowest BCUT2D eigenvalue weighted by Gasteiger charge is -2.25. The lowest BCUT2D eigenvalue weighted by atomic mass is 10.3. The van der Waals surface area contributed by atoms with E-state index in [-0.39, 0.29) is 17.5 Å². The van der Waals surface area contributed by atoms with E-state index in [1.54, 1.807) is 0 Å². The Morgan fingerprint density at radius 1 is 0.444 bits per heavy atom. The van der Waals surface area contributed by atoms with Crippen molar-refractivity contribution in [2.45, 2.75) is 17.4 Å². The average molecular weight is 258 g/mol. The number of aromatic nitrogens is 3. The maximum absolute atomic E-state index is 5.44. The van der Waals surface area contributed by atoms with Gasteiger partial charge in [0.05, 0.1) is 0 Å². The van der Waals surface area contributed by atoms with Gasteiger partial charge in [-0.1, -0.05) is 0 Å². The molecule has 18 N–H and O–H groups in total. The lowest BCUT2D eigenvalue weighted by molar-refractivity contribution is 0.382. The van der Waals surface area contributed by atoms with E-state index < -0.39 is 17.4 Å². The Hall–Kier alpha value is -1.35. The number of hydrogen-bond donors (Lipinski definition) is 9. The summed E-state index contributed by atoms with van der Waals surface area (Å²) < 4.78 is 0. The fourth-order valence-electron chi connectivity index (χ4n) is 0.957. The van der Waals surface area contributed by atoms with Crippen molar-refractivity contribution in [1.29, 1.82) is 0 Å². The first-order valence-corrected chi connectivity index (χ1v) is 4.69. The molecule has 1 heterocycles. The topological polar surface area (TPSA) is 273 Å². The molecule has 12 heteroatoms. The fraction of sp³-hybridized carbons (Fsp3) is 0.500. The van der Waals surface area contributed by atoms with E-state index in [9.17, 15) is 0 Å². The molecule has 0 aliphatic heterocycles. The van der Waals surface area contributed by atoms with Crippen LogP contribution >= 0.6 is 0 Å². The van der Waals surface area contributed by atoms with Crippen molar-refractivity contribution in [2.24, 2.45) is 51.6 Å². The van der Waals surface area contributed by atoms with Crippen LogP contribution in [-0.4, -0.2) is 15.0 Å². The zero-order valence-electron chi connectivity index (χ0n) is 9.54. The van der Waals surface area contributed by atoms with Crippen LogP contribution in [0.15, 0.2) is 0 Å². The van der Waals surface area contributed by atoms with Gasteiger partial charge in [-0.15, -0.1) is 0 Å². The number of nitrogens with zero attached hydrogens (tertiary/aromatic N) is 3. The molecule has 0 bridgehead atoms. The van der Waals surface area contributed by atoms with Crippen molar-refractivity contribution in [3.05, 3.63) is 17.5 Å². The van der Waals surface area contributed by atoms with Gasteiger partial charge in [0.2, 0.25) is 0 Å².